The molecule has 1 aliphatic rings. The van der Waals surface area contributed by atoms with Crippen LogP contribution in [0.1, 0.15) is 84.0 Å². The summed E-state index contributed by atoms with van der Waals surface area (Å²) in [7, 11) is 0. The molecular formula is C15H28O. The molecule has 1 heteroatoms. The first kappa shape index (κ1) is 13.7. The van der Waals surface area contributed by atoms with E-state index in [0.717, 1.165) is 18.8 Å². The van der Waals surface area contributed by atoms with Gasteiger partial charge in [-0.3, -0.25) is 0 Å². The van der Waals surface area contributed by atoms with Crippen LogP contribution in [0.5, 0.6) is 0 Å². The smallest absolute Gasteiger partial charge is 0.129 e. The molecule has 94 valence electrons. The van der Waals surface area contributed by atoms with Crippen molar-refractivity contribution in [3.63, 3.8) is 0 Å². The summed E-state index contributed by atoms with van der Waals surface area (Å²) in [6.07, 6.45) is 16.2. The molecule has 0 amide bonds. The standard InChI is InChI=1S/C15H28O/c1-14(16)10-6-4-2-3-5-7-11-15-12-8-9-13-15/h15H,2-13H2,1H3. The highest BCUT2D eigenvalue weighted by molar-refractivity contribution is 5.75. The maximum atomic E-state index is 10.7. The Kier molecular flexibility index (Phi) is 7.54. The average molecular weight is 224 g/mol. The van der Waals surface area contributed by atoms with Crippen molar-refractivity contribution in [2.75, 3.05) is 0 Å². The molecule has 0 N–H and O–H groups in total. The molecule has 0 bridgehead atoms. The van der Waals surface area contributed by atoms with Crippen molar-refractivity contribution < 1.29 is 4.79 Å². The van der Waals surface area contributed by atoms with Gasteiger partial charge in [0.15, 0.2) is 0 Å². The maximum absolute atomic E-state index is 10.7. The molecule has 0 spiro atoms. The number of unbranched alkanes of at least 4 members (excludes halogenated alkanes) is 5. The third kappa shape index (κ3) is 7.03. The minimum absolute atomic E-state index is 0.348. The number of carbonyl (C=O) groups is 1. The van der Waals surface area contributed by atoms with Crippen LogP contribution < -0.4 is 0 Å². The Morgan fingerprint density at radius 3 is 2.12 bits per heavy atom. The molecule has 1 nitrogen and oxygen atoms in total. The lowest BCUT2D eigenvalue weighted by Crippen LogP contribution is -1.93. The molecule has 0 aromatic carbocycles. The van der Waals surface area contributed by atoms with Crippen molar-refractivity contribution in [2.45, 2.75) is 84.0 Å². The molecule has 0 aromatic rings. The molecule has 0 unspecified atom stereocenters. The zero-order valence-corrected chi connectivity index (χ0v) is 11.0. The van der Waals surface area contributed by atoms with Crippen LogP contribution in [0, 0.1) is 5.92 Å². The van der Waals surface area contributed by atoms with E-state index in [1.165, 1.54) is 64.2 Å². The Labute approximate surface area is 101 Å². The fourth-order valence-electron chi connectivity index (χ4n) is 2.81. The van der Waals surface area contributed by atoms with Gasteiger partial charge in [-0.05, 0) is 19.3 Å². The monoisotopic (exact) mass is 224 g/mol. The minimum Gasteiger partial charge on any atom is -0.300 e. The Bertz CT molecular complexity index is 180. The van der Waals surface area contributed by atoms with Crippen LogP contribution in [-0.2, 0) is 4.79 Å². The summed E-state index contributed by atoms with van der Waals surface area (Å²) in [6.45, 7) is 1.70. The number of Topliss-reactive ketones (excluding diaryl/α,β-unsaturated/α-hetero) is 1. The SMILES string of the molecule is CC(=O)CCCCCCCCC1CCCC1. The zero-order valence-electron chi connectivity index (χ0n) is 11.0. The van der Waals surface area contributed by atoms with E-state index in [1.807, 2.05) is 0 Å². The van der Waals surface area contributed by atoms with Crippen molar-refractivity contribution in [3.8, 4) is 0 Å². The van der Waals surface area contributed by atoms with Crippen LogP contribution in [-0.4, -0.2) is 5.78 Å². The summed E-state index contributed by atoms with van der Waals surface area (Å²) in [5.41, 5.74) is 0. The molecule has 16 heavy (non-hydrogen) atoms. The third-order valence-corrected chi connectivity index (χ3v) is 3.87. The van der Waals surface area contributed by atoms with Crippen LogP contribution >= 0.6 is 0 Å². The Morgan fingerprint density at radius 1 is 0.938 bits per heavy atom. The second-order valence-electron chi connectivity index (χ2n) is 5.51. The van der Waals surface area contributed by atoms with Crippen LogP contribution in [0.4, 0.5) is 0 Å². The molecular weight excluding hydrogens is 196 g/mol. The van der Waals surface area contributed by atoms with E-state index in [-0.39, 0.29) is 0 Å². The summed E-state index contributed by atoms with van der Waals surface area (Å²) >= 11 is 0. The van der Waals surface area contributed by atoms with Gasteiger partial charge in [0.05, 0.1) is 0 Å². The Balaban J connectivity index is 1.76. The van der Waals surface area contributed by atoms with Gasteiger partial charge in [-0.25, -0.2) is 0 Å². The van der Waals surface area contributed by atoms with Crippen molar-refractivity contribution >= 4 is 5.78 Å². The van der Waals surface area contributed by atoms with Crippen LogP contribution in [0.25, 0.3) is 0 Å². The molecule has 0 saturated heterocycles. The second kappa shape index (κ2) is 8.78. The first-order valence-electron chi connectivity index (χ1n) is 7.28. The molecule has 0 atom stereocenters. The lowest BCUT2D eigenvalue weighted by molar-refractivity contribution is -0.117. The highest BCUT2D eigenvalue weighted by atomic mass is 16.1. The predicted octanol–water partition coefficient (Wildman–Crippen LogP) is 4.89. The quantitative estimate of drug-likeness (QED) is 0.510. The molecule has 1 saturated carbocycles. The summed E-state index contributed by atoms with van der Waals surface area (Å²) in [5, 5.41) is 0. The van der Waals surface area contributed by atoms with Crippen molar-refractivity contribution in [3.05, 3.63) is 0 Å². The second-order valence-corrected chi connectivity index (χ2v) is 5.51. The first-order valence-corrected chi connectivity index (χ1v) is 7.28. The van der Waals surface area contributed by atoms with Gasteiger partial charge < -0.3 is 4.79 Å². The topological polar surface area (TPSA) is 17.1 Å². The van der Waals surface area contributed by atoms with Crippen LogP contribution in [0.2, 0.25) is 0 Å². The number of carbonyl (C=O) groups excluding carboxylic acids is 1. The van der Waals surface area contributed by atoms with Gasteiger partial charge in [-0.1, -0.05) is 64.2 Å². The minimum atomic E-state index is 0.348. The summed E-state index contributed by atoms with van der Waals surface area (Å²) in [6, 6.07) is 0. The maximum Gasteiger partial charge on any atom is 0.129 e. The number of ketones is 1. The highest BCUT2D eigenvalue weighted by Crippen LogP contribution is 2.29. The fourth-order valence-corrected chi connectivity index (χ4v) is 2.81. The number of hydrogen-bond acceptors (Lipinski definition) is 1. The summed E-state index contributed by atoms with van der Waals surface area (Å²) in [5.74, 6) is 1.42. The van der Waals surface area contributed by atoms with E-state index in [1.54, 1.807) is 6.92 Å². The Morgan fingerprint density at radius 2 is 1.50 bits per heavy atom. The van der Waals surface area contributed by atoms with Crippen molar-refractivity contribution in [2.24, 2.45) is 5.92 Å². The molecule has 1 rings (SSSR count). The molecule has 0 heterocycles. The Hall–Kier alpha value is -0.330. The van der Waals surface area contributed by atoms with E-state index in [2.05, 4.69) is 0 Å². The molecule has 1 fully saturated rings. The largest absolute Gasteiger partial charge is 0.300 e. The molecule has 0 aliphatic heterocycles. The van der Waals surface area contributed by atoms with Gasteiger partial charge in [-0.15, -0.1) is 0 Å². The van der Waals surface area contributed by atoms with Crippen LogP contribution in [0.3, 0.4) is 0 Å². The first-order chi connectivity index (χ1) is 7.79. The van der Waals surface area contributed by atoms with Gasteiger partial charge >= 0.3 is 0 Å². The predicted molar refractivity (Wildman–Crippen MR) is 69.6 cm³/mol. The van der Waals surface area contributed by atoms with E-state index >= 15 is 0 Å². The fraction of sp³-hybridized carbons (Fsp3) is 0.933. The zero-order chi connectivity index (χ0) is 11.6. The van der Waals surface area contributed by atoms with E-state index in [9.17, 15) is 4.79 Å². The van der Waals surface area contributed by atoms with Gasteiger partial charge in [0.2, 0.25) is 0 Å². The summed E-state index contributed by atoms with van der Waals surface area (Å²) < 4.78 is 0. The van der Waals surface area contributed by atoms with Crippen LogP contribution in [0.15, 0.2) is 0 Å². The van der Waals surface area contributed by atoms with E-state index in [0.29, 0.717) is 5.78 Å². The summed E-state index contributed by atoms with van der Waals surface area (Å²) in [4.78, 5) is 10.7. The number of rotatable bonds is 9. The van der Waals surface area contributed by atoms with E-state index < -0.39 is 0 Å². The molecule has 0 aromatic heterocycles. The van der Waals surface area contributed by atoms with Gasteiger partial charge in [0, 0.05) is 6.42 Å². The van der Waals surface area contributed by atoms with Crippen molar-refractivity contribution in [1.82, 2.24) is 0 Å². The lowest BCUT2D eigenvalue weighted by Gasteiger charge is -2.07. The lowest BCUT2D eigenvalue weighted by atomic mass is 9.99. The highest BCUT2D eigenvalue weighted by Gasteiger charge is 2.13. The van der Waals surface area contributed by atoms with Gasteiger partial charge in [-0.2, -0.15) is 0 Å². The third-order valence-electron chi connectivity index (χ3n) is 3.87. The van der Waals surface area contributed by atoms with Crippen molar-refractivity contribution in [1.29, 1.82) is 0 Å². The van der Waals surface area contributed by atoms with E-state index in [4.69, 9.17) is 0 Å². The molecule has 0 radical (unpaired) electrons. The number of hydrogen-bond donors (Lipinski definition) is 0. The van der Waals surface area contributed by atoms with Gasteiger partial charge in [0.25, 0.3) is 0 Å². The average Bonchev–Trinajstić information content (AvgIpc) is 2.74. The normalized spacial score (nSPS) is 16.8. The van der Waals surface area contributed by atoms with Gasteiger partial charge in [0.1, 0.15) is 5.78 Å². The molecule has 1 aliphatic carbocycles.